The predicted molar refractivity (Wildman–Crippen MR) is 152 cm³/mol. The van der Waals surface area contributed by atoms with Crippen molar-refractivity contribution in [1.29, 1.82) is 0 Å². The van der Waals surface area contributed by atoms with Gasteiger partial charge in [-0.25, -0.2) is 4.79 Å². The van der Waals surface area contributed by atoms with Gasteiger partial charge in [0.25, 0.3) is 0 Å². The van der Waals surface area contributed by atoms with Crippen LogP contribution in [0.25, 0.3) is 6.08 Å². The first kappa shape index (κ1) is 32.1. The van der Waals surface area contributed by atoms with E-state index in [0.717, 1.165) is 12.8 Å². The minimum absolute atomic E-state index is 0.176. The Hall–Kier alpha value is -1.97. The highest BCUT2D eigenvalue weighted by Crippen LogP contribution is 2.25. The van der Waals surface area contributed by atoms with Gasteiger partial charge in [-0.1, -0.05) is 141 Å². The predicted octanol–water partition coefficient (Wildman–Crippen LogP) is 9.87. The highest BCUT2D eigenvalue weighted by atomic mass is 16.5. The Labute approximate surface area is 221 Å². The third-order valence-electron chi connectivity index (χ3n) is 6.90. The van der Waals surface area contributed by atoms with E-state index in [2.05, 4.69) is 6.92 Å². The summed E-state index contributed by atoms with van der Waals surface area (Å²) in [4.78, 5) is 11.8. The molecule has 1 aromatic rings. The average Bonchev–Trinajstić information content (AvgIpc) is 2.87. The lowest BCUT2D eigenvalue weighted by atomic mass is 10.0. The Bertz CT molecular complexity index is 683. The minimum atomic E-state index is -0.379. The van der Waals surface area contributed by atoms with Crippen LogP contribution in [-0.2, 0) is 9.53 Å². The molecule has 0 aliphatic carbocycles. The van der Waals surface area contributed by atoms with Crippen molar-refractivity contribution in [2.75, 3.05) is 6.61 Å². The number of phenolic OH excluding ortho intramolecular Hbond substituents is 2. The maximum Gasteiger partial charge on any atom is 0.330 e. The highest BCUT2D eigenvalue weighted by Gasteiger charge is 2.01. The van der Waals surface area contributed by atoms with E-state index in [1.54, 1.807) is 12.1 Å². The summed E-state index contributed by atoms with van der Waals surface area (Å²) in [6, 6.07) is 4.41. The number of aromatic hydroxyl groups is 2. The molecule has 206 valence electrons. The molecule has 0 atom stereocenters. The van der Waals surface area contributed by atoms with Crippen molar-refractivity contribution < 1.29 is 19.7 Å². The molecule has 2 N–H and O–H groups in total. The lowest BCUT2D eigenvalue weighted by molar-refractivity contribution is -0.137. The fourth-order valence-electron chi connectivity index (χ4n) is 4.56. The number of rotatable bonds is 24. The van der Waals surface area contributed by atoms with Crippen molar-refractivity contribution in [2.45, 2.75) is 142 Å². The van der Waals surface area contributed by atoms with E-state index >= 15 is 0 Å². The minimum Gasteiger partial charge on any atom is -0.504 e. The molecule has 0 aliphatic rings. The Morgan fingerprint density at radius 3 is 1.47 bits per heavy atom. The molecule has 36 heavy (non-hydrogen) atoms. The quantitative estimate of drug-likeness (QED) is 0.0638. The van der Waals surface area contributed by atoms with Gasteiger partial charge in [0.05, 0.1) is 6.61 Å². The van der Waals surface area contributed by atoms with Crippen molar-refractivity contribution in [3.05, 3.63) is 29.8 Å². The highest BCUT2D eigenvalue weighted by molar-refractivity contribution is 5.87. The van der Waals surface area contributed by atoms with Crippen molar-refractivity contribution in [3.63, 3.8) is 0 Å². The largest absolute Gasteiger partial charge is 0.504 e. The van der Waals surface area contributed by atoms with E-state index in [4.69, 9.17) is 4.74 Å². The normalized spacial score (nSPS) is 11.4. The monoisotopic (exact) mass is 502 g/mol. The molecule has 0 fully saturated rings. The second-order valence-corrected chi connectivity index (χ2v) is 10.3. The third-order valence-corrected chi connectivity index (χ3v) is 6.90. The smallest absolute Gasteiger partial charge is 0.330 e. The SMILES string of the molecule is CCCCCCCCCCCCCCCCCCCCCCCOC(=O)C=Cc1ccc(O)c(O)c1. The fraction of sp³-hybridized carbons (Fsp3) is 0.719. The molecule has 1 aromatic carbocycles. The number of benzene rings is 1. The Kier molecular flexibility index (Phi) is 20.9. The molecule has 0 aliphatic heterocycles. The van der Waals surface area contributed by atoms with Gasteiger partial charge < -0.3 is 14.9 Å². The molecule has 4 heteroatoms. The first-order valence-corrected chi connectivity index (χ1v) is 15.0. The van der Waals surface area contributed by atoms with E-state index in [1.807, 2.05) is 0 Å². The lowest BCUT2D eigenvalue weighted by Crippen LogP contribution is -2.02. The summed E-state index contributed by atoms with van der Waals surface area (Å²) >= 11 is 0. The molecule has 0 spiro atoms. The zero-order valence-electron chi connectivity index (χ0n) is 23.2. The van der Waals surface area contributed by atoms with Crippen LogP contribution in [0.15, 0.2) is 24.3 Å². The third kappa shape index (κ3) is 19.2. The Morgan fingerprint density at radius 1 is 0.639 bits per heavy atom. The molecule has 4 nitrogen and oxygen atoms in total. The van der Waals surface area contributed by atoms with Crippen LogP contribution in [0.5, 0.6) is 11.5 Å². The summed E-state index contributed by atoms with van der Waals surface area (Å²) in [6.07, 6.45) is 31.4. The van der Waals surface area contributed by atoms with Crippen LogP contribution in [0.4, 0.5) is 0 Å². The summed E-state index contributed by atoms with van der Waals surface area (Å²) in [5, 5.41) is 18.8. The lowest BCUT2D eigenvalue weighted by Gasteiger charge is -2.04. The van der Waals surface area contributed by atoms with Crippen molar-refractivity contribution >= 4 is 12.0 Å². The number of carbonyl (C=O) groups excluding carboxylic acids is 1. The van der Waals surface area contributed by atoms with Gasteiger partial charge in [-0.2, -0.15) is 0 Å². The number of ether oxygens (including phenoxy) is 1. The Balaban J connectivity index is 1.77. The fourth-order valence-corrected chi connectivity index (χ4v) is 4.56. The molecule has 0 unspecified atom stereocenters. The van der Waals surface area contributed by atoms with Crippen molar-refractivity contribution in [1.82, 2.24) is 0 Å². The second kappa shape index (κ2) is 23.4. The van der Waals surface area contributed by atoms with E-state index < -0.39 is 0 Å². The Morgan fingerprint density at radius 2 is 1.06 bits per heavy atom. The van der Waals surface area contributed by atoms with Gasteiger partial charge >= 0.3 is 5.97 Å². The molecule has 0 bridgehead atoms. The maximum absolute atomic E-state index is 11.8. The van der Waals surface area contributed by atoms with Gasteiger partial charge in [-0.3, -0.25) is 0 Å². The van der Waals surface area contributed by atoms with Crippen LogP contribution in [0.2, 0.25) is 0 Å². The average molecular weight is 503 g/mol. The van der Waals surface area contributed by atoms with Gasteiger partial charge in [-0.15, -0.1) is 0 Å². The topological polar surface area (TPSA) is 66.8 Å². The van der Waals surface area contributed by atoms with Crippen LogP contribution < -0.4 is 0 Å². The van der Waals surface area contributed by atoms with Crippen LogP contribution in [-0.4, -0.2) is 22.8 Å². The van der Waals surface area contributed by atoms with Crippen LogP contribution in [0, 0.1) is 0 Å². The molecule has 0 heterocycles. The first-order valence-electron chi connectivity index (χ1n) is 15.0. The summed E-state index contributed by atoms with van der Waals surface area (Å²) in [5.74, 6) is -0.759. The van der Waals surface area contributed by atoms with E-state index in [0.29, 0.717) is 12.2 Å². The molecular weight excluding hydrogens is 448 g/mol. The van der Waals surface area contributed by atoms with Gasteiger partial charge in [0.15, 0.2) is 11.5 Å². The van der Waals surface area contributed by atoms with Crippen molar-refractivity contribution in [2.24, 2.45) is 0 Å². The number of hydrogen-bond donors (Lipinski definition) is 2. The molecular formula is C32H54O4. The molecule has 0 saturated carbocycles. The number of phenols is 2. The number of carbonyl (C=O) groups is 1. The van der Waals surface area contributed by atoms with Gasteiger partial charge in [0.1, 0.15) is 0 Å². The zero-order chi connectivity index (χ0) is 26.1. The van der Waals surface area contributed by atoms with E-state index in [9.17, 15) is 15.0 Å². The van der Waals surface area contributed by atoms with Gasteiger partial charge in [-0.05, 0) is 30.2 Å². The second-order valence-electron chi connectivity index (χ2n) is 10.3. The molecule has 0 amide bonds. The van der Waals surface area contributed by atoms with Gasteiger partial charge in [0, 0.05) is 6.08 Å². The summed E-state index contributed by atoms with van der Waals surface area (Å²) in [7, 11) is 0. The van der Waals surface area contributed by atoms with E-state index in [-0.39, 0.29) is 17.5 Å². The zero-order valence-corrected chi connectivity index (χ0v) is 23.2. The summed E-state index contributed by atoms with van der Waals surface area (Å²) in [6.45, 7) is 2.73. The maximum atomic E-state index is 11.8. The first-order chi connectivity index (χ1) is 17.6. The van der Waals surface area contributed by atoms with E-state index in [1.165, 1.54) is 140 Å². The number of hydrogen-bond acceptors (Lipinski definition) is 4. The van der Waals surface area contributed by atoms with Crippen molar-refractivity contribution in [3.8, 4) is 11.5 Å². The standard InChI is InChI=1S/C32H54O4/c1-2-3-4-5-6-7-8-9-10-11-12-13-14-15-16-17-18-19-20-21-22-27-36-32(35)26-24-29-23-25-30(33)31(34)28-29/h23-26,28,33-34H,2-22,27H2,1H3. The summed E-state index contributed by atoms with van der Waals surface area (Å²) in [5.41, 5.74) is 0.635. The van der Waals surface area contributed by atoms with Crippen LogP contribution in [0.3, 0.4) is 0 Å². The molecule has 1 rings (SSSR count). The molecule has 0 saturated heterocycles. The molecule has 0 aromatic heterocycles. The molecule has 0 radical (unpaired) electrons. The van der Waals surface area contributed by atoms with Crippen LogP contribution in [0.1, 0.15) is 147 Å². The van der Waals surface area contributed by atoms with Crippen LogP contribution >= 0.6 is 0 Å². The summed E-state index contributed by atoms with van der Waals surface area (Å²) < 4.78 is 5.22. The number of unbranched alkanes of at least 4 members (excludes halogenated alkanes) is 20. The number of esters is 1. The van der Waals surface area contributed by atoms with Gasteiger partial charge in [0.2, 0.25) is 0 Å².